The number of nitrogen functional groups attached to an aromatic ring is 1. The Balaban J connectivity index is 1.84. The lowest BCUT2D eigenvalue weighted by molar-refractivity contribution is 0.0915. The summed E-state index contributed by atoms with van der Waals surface area (Å²) in [6.45, 7) is 3.11. The molecule has 2 heterocycles. The second-order valence-corrected chi connectivity index (χ2v) is 4.97. The maximum Gasteiger partial charge on any atom is 0.272 e. The number of nitrogens with one attached hydrogen (secondary N) is 1. The minimum absolute atomic E-state index is 0.0675. The first-order valence-corrected chi connectivity index (χ1v) is 7.04. The van der Waals surface area contributed by atoms with Crippen molar-refractivity contribution in [3.8, 4) is 5.75 Å². The van der Waals surface area contributed by atoms with E-state index in [9.17, 15) is 4.79 Å². The van der Waals surface area contributed by atoms with Crippen LogP contribution in [0.3, 0.4) is 0 Å². The minimum Gasteiger partial charge on any atom is -0.493 e. The van der Waals surface area contributed by atoms with Gasteiger partial charge < -0.3 is 15.8 Å². The van der Waals surface area contributed by atoms with E-state index >= 15 is 0 Å². The van der Waals surface area contributed by atoms with E-state index in [4.69, 9.17) is 10.5 Å². The number of para-hydroxylation sites is 1. The molecule has 0 aliphatic carbocycles. The molecule has 0 radical (unpaired) electrons. The van der Waals surface area contributed by atoms with Crippen LogP contribution in [-0.2, 0) is 6.54 Å². The van der Waals surface area contributed by atoms with Crippen molar-refractivity contribution in [1.82, 2.24) is 15.1 Å². The second kappa shape index (κ2) is 5.47. The summed E-state index contributed by atoms with van der Waals surface area (Å²) >= 11 is 0. The number of aryl methyl sites for hydroxylation is 1. The van der Waals surface area contributed by atoms with Gasteiger partial charge in [0.25, 0.3) is 5.91 Å². The summed E-state index contributed by atoms with van der Waals surface area (Å²) in [5.74, 6) is 0.625. The van der Waals surface area contributed by atoms with Crippen molar-refractivity contribution in [2.75, 3.05) is 12.3 Å². The highest BCUT2D eigenvalue weighted by molar-refractivity contribution is 5.97. The molecule has 1 aromatic carbocycles. The summed E-state index contributed by atoms with van der Waals surface area (Å²) < 4.78 is 7.21. The molecule has 0 saturated heterocycles. The smallest absolute Gasteiger partial charge is 0.272 e. The van der Waals surface area contributed by atoms with Crippen LogP contribution in [0.15, 0.2) is 30.5 Å². The van der Waals surface area contributed by atoms with E-state index in [2.05, 4.69) is 10.4 Å². The van der Waals surface area contributed by atoms with E-state index in [0.29, 0.717) is 24.5 Å². The van der Waals surface area contributed by atoms with Crippen LogP contribution in [0.5, 0.6) is 5.75 Å². The third-order valence-electron chi connectivity index (χ3n) is 3.65. The summed E-state index contributed by atoms with van der Waals surface area (Å²) in [6, 6.07) is 7.69. The number of ether oxygens (including phenoxy) is 1. The number of fused-ring (bicyclic) bond motifs is 1. The lowest BCUT2D eigenvalue weighted by Crippen LogP contribution is -2.33. The maximum absolute atomic E-state index is 12.5. The second-order valence-electron chi connectivity index (χ2n) is 4.97. The fourth-order valence-corrected chi connectivity index (χ4v) is 2.61. The van der Waals surface area contributed by atoms with E-state index in [0.717, 1.165) is 17.7 Å². The number of carbonyl (C=O) groups excluding carboxylic acids is 1. The van der Waals surface area contributed by atoms with E-state index in [-0.39, 0.29) is 11.9 Å². The Morgan fingerprint density at radius 3 is 3.14 bits per heavy atom. The Bertz CT molecular complexity index is 665. The average molecular weight is 286 g/mol. The molecule has 6 nitrogen and oxygen atoms in total. The summed E-state index contributed by atoms with van der Waals surface area (Å²) in [4.78, 5) is 12.5. The molecular formula is C15H18N4O2. The molecule has 0 spiro atoms. The van der Waals surface area contributed by atoms with Crippen LogP contribution in [-0.4, -0.2) is 22.3 Å². The van der Waals surface area contributed by atoms with Crippen molar-refractivity contribution in [2.45, 2.75) is 25.9 Å². The molecule has 1 aromatic heterocycles. The molecule has 3 N–H and O–H groups in total. The number of benzene rings is 1. The number of hydrogen-bond donors (Lipinski definition) is 2. The normalized spacial score (nSPS) is 16.9. The molecule has 2 aromatic rings. The number of aromatic nitrogens is 2. The van der Waals surface area contributed by atoms with Gasteiger partial charge in [-0.05, 0) is 13.0 Å². The number of amides is 1. The van der Waals surface area contributed by atoms with Gasteiger partial charge >= 0.3 is 0 Å². The SMILES string of the molecule is CCn1ncc(N)c1C(=O)NC1CCOc2ccccc21. The fourth-order valence-electron chi connectivity index (χ4n) is 2.61. The predicted molar refractivity (Wildman–Crippen MR) is 79.1 cm³/mol. The first-order chi connectivity index (χ1) is 10.2. The Kier molecular flexibility index (Phi) is 3.51. The summed E-state index contributed by atoms with van der Waals surface area (Å²) in [5, 5.41) is 7.13. The Morgan fingerprint density at radius 2 is 2.33 bits per heavy atom. The molecule has 3 rings (SSSR count). The van der Waals surface area contributed by atoms with E-state index in [1.807, 2.05) is 31.2 Å². The van der Waals surface area contributed by atoms with Crippen molar-refractivity contribution in [3.05, 3.63) is 41.7 Å². The number of carbonyl (C=O) groups is 1. The van der Waals surface area contributed by atoms with Crippen LogP contribution in [0, 0.1) is 0 Å². The van der Waals surface area contributed by atoms with Gasteiger partial charge in [0.2, 0.25) is 0 Å². The summed E-state index contributed by atoms with van der Waals surface area (Å²) in [5.41, 5.74) is 7.66. The standard InChI is InChI=1S/C15H18N4O2/c1-2-19-14(11(16)9-17-19)15(20)18-12-7-8-21-13-6-4-3-5-10(12)13/h3-6,9,12H,2,7-8,16H2,1H3,(H,18,20). The van der Waals surface area contributed by atoms with Gasteiger partial charge in [0.1, 0.15) is 11.4 Å². The molecule has 0 fully saturated rings. The van der Waals surface area contributed by atoms with Crippen molar-refractivity contribution >= 4 is 11.6 Å². The lowest BCUT2D eigenvalue weighted by atomic mass is 10.0. The number of nitrogens with two attached hydrogens (primary N) is 1. The first kappa shape index (κ1) is 13.5. The van der Waals surface area contributed by atoms with E-state index in [1.165, 1.54) is 6.20 Å². The van der Waals surface area contributed by atoms with Crippen LogP contribution in [0.25, 0.3) is 0 Å². The highest BCUT2D eigenvalue weighted by Gasteiger charge is 2.25. The number of rotatable bonds is 3. The van der Waals surface area contributed by atoms with E-state index in [1.54, 1.807) is 4.68 Å². The Labute approximate surface area is 122 Å². The Morgan fingerprint density at radius 1 is 1.52 bits per heavy atom. The molecule has 6 heteroatoms. The van der Waals surface area contributed by atoms with Crippen molar-refractivity contribution < 1.29 is 9.53 Å². The monoisotopic (exact) mass is 286 g/mol. The van der Waals surface area contributed by atoms with Gasteiger partial charge in [0.05, 0.1) is 24.5 Å². The zero-order chi connectivity index (χ0) is 14.8. The third-order valence-corrected chi connectivity index (χ3v) is 3.65. The Hall–Kier alpha value is -2.50. The summed E-state index contributed by atoms with van der Waals surface area (Å²) in [6.07, 6.45) is 2.25. The molecule has 0 bridgehead atoms. The molecule has 1 unspecified atom stereocenters. The van der Waals surface area contributed by atoms with Crippen LogP contribution >= 0.6 is 0 Å². The molecule has 1 atom stereocenters. The van der Waals surface area contributed by atoms with Crippen molar-refractivity contribution in [1.29, 1.82) is 0 Å². The predicted octanol–water partition coefficient (Wildman–Crippen LogP) is 1.74. The van der Waals surface area contributed by atoms with Crippen LogP contribution in [0.2, 0.25) is 0 Å². The lowest BCUT2D eigenvalue weighted by Gasteiger charge is -2.26. The molecule has 21 heavy (non-hydrogen) atoms. The first-order valence-electron chi connectivity index (χ1n) is 7.04. The molecular weight excluding hydrogens is 268 g/mol. The van der Waals surface area contributed by atoms with Gasteiger partial charge in [0.15, 0.2) is 0 Å². The van der Waals surface area contributed by atoms with Crippen molar-refractivity contribution in [3.63, 3.8) is 0 Å². The number of anilines is 1. The minimum atomic E-state index is -0.200. The zero-order valence-corrected chi connectivity index (χ0v) is 11.9. The quantitative estimate of drug-likeness (QED) is 0.900. The third kappa shape index (κ3) is 2.44. The highest BCUT2D eigenvalue weighted by Crippen LogP contribution is 2.31. The zero-order valence-electron chi connectivity index (χ0n) is 11.9. The van der Waals surface area contributed by atoms with Gasteiger partial charge in [-0.1, -0.05) is 18.2 Å². The van der Waals surface area contributed by atoms with Gasteiger partial charge in [-0.2, -0.15) is 5.10 Å². The van der Waals surface area contributed by atoms with Gasteiger partial charge in [-0.25, -0.2) is 0 Å². The average Bonchev–Trinajstić information content (AvgIpc) is 2.88. The summed E-state index contributed by atoms with van der Waals surface area (Å²) in [7, 11) is 0. The van der Waals surface area contributed by atoms with E-state index < -0.39 is 0 Å². The molecule has 1 aliphatic rings. The molecule has 0 saturated carbocycles. The van der Waals surface area contributed by atoms with Gasteiger partial charge in [-0.15, -0.1) is 0 Å². The van der Waals surface area contributed by atoms with Gasteiger partial charge in [0, 0.05) is 18.5 Å². The fraction of sp³-hybridized carbons (Fsp3) is 0.333. The number of hydrogen-bond acceptors (Lipinski definition) is 4. The molecule has 1 aliphatic heterocycles. The van der Waals surface area contributed by atoms with Crippen LogP contribution in [0.1, 0.15) is 35.4 Å². The largest absolute Gasteiger partial charge is 0.493 e. The maximum atomic E-state index is 12.5. The van der Waals surface area contributed by atoms with Crippen LogP contribution < -0.4 is 15.8 Å². The topological polar surface area (TPSA) is 82.2 Å². The molecule has 1 amide bonds. The molecule has 110 valence electrons. The number of nitrogens with zero attached hydrogens (tertiary/aromatic N) is 2. The van der Waals surface area contributed by atoms with Crippen molar-refractivity contribution in [2.24, 2.45) is 0 Å². The van der Waals surface area contributed by atoms with Gasteiger partial charge in [-0.3, -0.25) is 9.48 Å². The highest BCUT2D eigenvalue weighted by atomic mass is 16.5. The van der Waals surface area contributed by atoms with Crippen LogP contribution in [0.4, 0.5) is 5.69 Å².